The first kappa shape index (κ1) is 15.5. The molecular weight excluding hydrogens is 270 g/mol. The van der Waals surface area contributed by atoms with Gasteiger partial charge in [-0.3, -0.25) is 9.59 Å². The number of aromatic nitrogens is 2. The summed E-state index contributed by atoms with van der Waals surface area (Å²) in [5.41, 5.74) is 0. The number of hydrogen-bond acceptors (Lipinski definition) is 3. The van der Waals surface area contributed by atoms with Crippen molar-refractivity contribution in [2.24, 2.45) is 17.8 Å². The van der Waals surface area contributed by atoms with Gasteiger partial charge in [0.25, 0.3) is 0 Å². The molecule has 1 fully saturated rings. The third kappa shape index (κ3) is 4.31. The van der Waals surface area contributed by atoms with E-state index in [1.165, 1.54) is 0 Å². The molecule has 1 heterocycles. The Kier molecular flexibility index (Phi) is 5.36. The zero-order chi connectivity index (χ0) is 15.2. The Morgan fingerprint density at radius 1 is 1.33 bits per heavy atom. The van der Waals surface area contributed by atoms with Crippen molar-refractivity contribution in [2.45, 2.75) is 39.2 Å². The summed E-state index contributed by atoms with van der Waals surface area (Å²) in [4.78, 5) is 27.3. The molecule has 21 heavy (non-hydrogen) atoms. The quantitative estimate of drug-likeness (QED) is 0.747. The lowest BCUT2D eigenvalue weighted by Crippen LogP contribution is -2.35. The van der Waals surface area contributed by atoms with E-state index < -0.39 is 11.9 Å². The van der Waals surface area contributed by atoms with Crippen molar-refractivity contribution in [2.75, 3.05) is 6.54 Å². The molecule has 0 spiro atoms. The highest BCUT2D eigenvalue weighted by Crippen LogP contribution is 2.36. The van der Waals surface area contributed by atoms with Crippen LogP contribution in [-0.4, -0.2) is 33.1 Å². The molecule has 6 heteroatoms. The van der Waals surface area contributed by atoms with Gasteiger partial charge in [0, 0.05) is 25.5 Å². The minimum Gasteiger partial charge on any atom is -0.481 e. The predicted octanol–water partition coefficient (Wildman–Crippen LogP) is 1.53. The van der Waals surface area contributed by atoms with Gasteiger partial charge in [0.2, 0.25) is 5.91 Å². The number of carbonyl (C=O) groups excluding carboxylic acids is 1. The van der Waals surface area contributed by atoms with Crippen LogP contribution in [0.5, 0.6) is 0 Å². The van der Waals surface area contributed by atoms with Gasteiger partial charge in [0.05, 0.1) is 18.2 Å². The average molecular weight is 293 g/mol. The number of carboxylic acid groups (broad SMARTS) is 1. The van der Waals surface area contributed by atoms with Crippen LogP contribution in [0.3, 0.4) is 0 Å². The molecule has 1 aromatic heterocycles. The highest BCUT2D eigenvalue weighted by atomic mass is 16.4. The van der Waals surface area contributed by atoms with Crippen molar-refractivity contribution in [3.63, 3.8) is 0 Å². The minimum atomic E-state index is -0.848. The zero-order valence-corrected chi connectivity index (χ0v) is 12.4. The van der Waals surface area contributed by atoms with E-state index in [-0.39, 0.29) is 11.8 Å². The van der Waals surface area contributed by atoms with Crippen LogP contribution in [0.15, 0.2) is 18.7 Å². The Labute approximate surface area is 124 Å². The lowest BCUT2D eigenvalue weighted by molar-refractivity contribution is -0.146. The fourth-order valence-electron chi connectivity index (χ4n) is 3.04. The summed E-state index contributed by atoms with van der Waals surface area (Å²) in [7, 11) is 0. The number of aryl methyl sites for hydroxylation is 1. The topological polar surface area (TPSA) is 84.2 Å². The van der Waals surface area contributed by atoms with Gasteiger partial charge >= 0.3 is 5.97 Å². The lowest BCUT2D eigenvalue weighted by atomic mass is 9.95. The Bertz CT molecular complexity index is 473. The van der Waals surface area contributed by atoms with Crippen LogP contribution in [0.25, 0.3) is 0 Å². The number of hydrogen-bond donors (Lipinski definition) is 2. The largest absolute Gasteiger partial charge is 0.481 e. The molecule has 0 aliphatic heterocycles. The van der Waals surface area contributed by atoms with Gasteiger partial charge < -0.3 is 15.0 Å². The molecule has 6 nitrogen and oxygen atoms in total. The minimum absolute atomic E-state index is 0.102. The summed E-state index contributed by atoms with van der Waals surface area (Å²) < 4.78 is 2.00. The van der Waals surface area contributed by atoms with Crippen LogP contribution in [0, 0.1) is 17.8 Å². The number of carboxylic acids is 1. The maximum atomic E-state index is 12.1. The molecule has 2 rings (SSSR count). The zero-order valence-electron chi connectivity index (χ0n) is 12.4. The van der Waals surface area contributed by atoms with E-state index in [1.807, 2.05) is 17.7 Å². The third-order valence-electron chi connectivity index (χ3n) is 4.15. The molecule has 0 radical (unpaired) electrons. The van der Waals surface area contributed by atoms with Gasteiger partial charge in [-0.05, 0) is 31.6 Å². The maximum absolute atomic E-state index is 12.1. The summed E-state index contributed by atoms with van der Waals surface area (Å²) in [5.74, 6) is -1.53. The molecule has 116 valence electrons. The van der Waals surface area contributed by atoms with Crippen molar-refractivity contribution in [3.8, 4) is 0 Å². The first-order valence-electron chi connectivity index (χ1n) is 7.54. The average Bonchev–Trinajstić information content (AvgIpc) is 3.07. The molecule has 1 aromatic rings. The van der Waals surface area contributed by atoms with Crippen LogP contribution in [0.1, 0.15) is 32.6 Å². The van der Waals surface area contributed by atoms with E-state index in [2.05, 4.69) is 10.3 Å². The summed E-state index contributed by atoms with van der Waals surface area (Å²) in [6, 6.07) is 0. The molecule has 0 aromatic carbocycles. The Morgan fingerprint density at radius 2 is 2.10 bits per heavy atom. The van der Waals surface area contributed by atoms with Crippen LogP contribution in [0.4, 0.5) is 0 Å². The number of imidazole rings is 1. The van der Waals surface area contributed by atoms with E-state index in [9.17, 15) is 14.7 Å². The number of nitrogens with zero attached hydrogens (tertiary/aromatic N) is 2. The molecule has 1 amide bonds. The highest BCUT2D eigenvalue weighted by Gasteiger charge is 2.40. The molecule has 1 unspecified atom stereocenters. The number of rotatable bonds is 7. The van der Waals surface area contributed by atoms with Crippen LogP contribution >= 0.6 is 0 Å². The number of carbonyl (C=O) groups is 2. The SMILES string of the molecule is CC1C[C@H](C(=O)NCCCCn2ccnc2)[C@H](C(=O)O)C1. The third-order valence-corrected chi connectivity index (χ3v) is 4.15. The van der Waals surface area contributed by atoms with E-state index in [0.717, 1.165) is 19.4 Å². The number of nitrogens with one attached hydrogen (secondary N) is 1. The first-order chi connectivity index (χ1) is 10.1. The lowest BCUT2D eigenvalue weighted by Gasteiger charge is -2.15. The van der Waals surface area contributed by atoms with E-state index in [0.29, 0.717) is 25.3 Å². The van der Waals surface area contributed by atoms with Crippen molar-refractivity contribution in [1.82, 2.24) is 14.9 Å². The second kappa shape index (κ2) is 7.24. The molecule has 1 aliphatic rings. The Hall–Kier alpha value is -1.85. The van der Waals surface area contributed by atoms with Gasteiger partial charge in [0.1, 0.15) is 0 Å². The Morgan fingerprint density at radius 3 is 2.76 bits per heavy atom. The fraction of sp³-hybridized carbons (Fsp3) is 0.667. The number of aliphatic carboxylic acids is 1. The molecule has 3 atom stereocenters. The second-order valence-corrected chi connectivity index (χ2v) is 5.93. The van der Waals surface area contributed by atoms with Crippen LogP contribution in [0.2, 0.25) is 0 Å². The predicted molar refractivity (Wildman–Crippen MR) is 77.5 cm³/mol. The van der Waals surface area contributed by atoms with Gasteiger partial charge in [-0.25, -0.2) is 4.98 Å². The molecule has 0 bridgehead atoms. The summed E-state index contributed by atoms with van der Waals surface area (Å²) in [5, 5.41) is 12.1. The molecule has 1 aliphatic carbocycles. The van der Waals surface area contributed by atoms with E-state index in [1.54, 1.807) is 12.5 Å². The molecule has 0 saturated heterocycles. The van der Waals surface area contributed by atoms with Crippen molar-refractivity contribution in [3.05, 3.63) is 18.7 Å². The Balaban J connectivity index is 1.68. The smallest absolute Gasteiger partial charge is 0.307 e. The highest BCUT2D eigenvalue weighted by molar-refractivity contribution is 5.85. The van der Waals surface area contributed by atoms with Crippen LogP contribution in [-0.2, 0) is 16.1 Å². The summed E-state index contributed by atoms with van der Waals surface area (Å²) in [6.45, 7) is 3.49. The van der Waals surface area contributed by atoms with Gasteiger partial charge in [0.15, 0.2) is 0 Å². The molecule has 2 N–H and O–H groups in total. The summed E-state index contributed by atoms with van der Waals surface area (Å²) >= 11 is 0. The van der Waals surface area contributed by atoms with Gasteiger partial charge in [-0.1, -0.05) is 6.92 Å². The first-order valence-corrected chi connectivity index (χ1v) is 7.54. The maximum Gasteiger partial charge on any atom is 0.307 e. The second-order valence-electron chi connectivity index (χ2n) is 5.93. The van der Waals surface area contributed by atoms with Gasteiger partial charge in [-0.15, -0.1) is 0 Å². The molecule has 1 saturated carbocycles. The normalized spacial score (nSPS) is 24.9. The number of amides is 1. The number of unbranched alkanes of at least 4 members (excludes halogenated alkanes) is 1. The van der Waals surface area contributed by atoms with E-state index in [4.69, 9.17) is 0 Å². The van der Waals surface area contributed by atoms with Crippen molar-refractivity contribution < 1.29 is 14.7 Å². The fourth-order valence-corrected chi connectivity index (χ4v) is 3.04. The van der Waals surface area contributed by atoms with E-state index >= 15 is 0 Å². The summed E-state index contributed by atoms with van der Waals surface area (Å²) in [6.07, 6.45) is 8.55. The van der Waals surface area contributed by atoms with Gasteiger partial charge in [-0.2, -0.15) is 0 Å². The van der Waals surface area contributed by atoms with Crippen molar-refractivity contribution >= 4 is 11.9 Å². The standard InChI is InChI=1S/C15H23N3O3/c1-11-8-12(13(9-11)15(20)21)14(19)17-4-2-3-6-18-7-5-16-10-18/h5,7,10-13H,2-4,6,8-9H2,1H3,(H,17,19)(H,20,21)/t11?,12-,13+/m0/s1. The van der Waals surface area contributed by atoms with Crippen molar-refractivity contribution in [1.29, 1.82) is 0 Å². The molecular formula is C15H23N3O3. The van der Waals surface area contributed by atoms with Crippen LogP contribution < -0.4 is 5.32 Å². The monoisotopic (exact) mass is 293 g/mol.